The fraction of sp³-hybridized carbons (Fsp3) is 0.273. The van der Waals surface area contributed by atoms with E-state index in [1.54, 1.807) is 18.2 Å². The molecule has 0 aliphatic carbocycles. The van der Waals surface area contributed by atoms with Gasteiger partial charge in [-0.15, -0.1) is 11.6 Å². The van der Waals surface area contributed by atoms with E-state index in [1.165, 1.54) is 14.0 Å². The van der Waals surface area contributed by atoms with Crippen molar-refractivity contribution in [3.63, 3.8) is 0 Å². The molecule has 0 aliphatic rings. The Kier molecular flexibility index (Phi) is 4.31. The first-order valence-electron chi connectivity index (χ1n) is 4.63. The van der Waals surface area contributed by atoms with Gasteiger partial charge in [0, 0.05) is 12.5 Å². The van der Waals surface area contributed by atoms with Crippen molar-refractivity contribution in [3.05, 3.63) is 23.8 Å². The number of carbonyl (C=O) groups is 2. The van der Waals surface area contributed by atoms with Crippen LogP contribution in [-0.2, 0) is 4.79 Å². The number of methoxy groups -OCH3 is 1. The van der Waals surface area contributed by atoms with Crippen molar-refractivity contribution in [1.29, 1.82) is 0 Å². The smallest absolute Gasteiger partial charge is 0.221 e. The minimum absolute atomic E-state index is 0.0914. The third-order valence-corrected chi connectivity index (χ3v) is 2.20. The summed E-state index contributed by atoms with van der Waals surface area (Å²) in [5, 5.41) is 2.58. The van der Waals surface area contributed by atoms with E-state index >= 15 is 0 Å². The quantitative estimate of drug-likeness (QED) is 0.649. The monoisotopic (exact) mass is 241 g/mol. The van der Waals surface area contributed by atoms with Gasteiger partial charge in [-0.25, -0.2) is 0 Å². The van der Waals surface area contributed by atoms with Crippen molar-refractivity contribution in [1.82, 2.24) is 0 Å². The Morgan fingerprint density at radius 3 is 2.62 bits per heavy atom. The van der Waals surface area contributed by atoms with E-state index < -0.39 is 0 Å². The Hall–Kier alpha value is -1.55. The number of rotatable bonds is 4. The summed E-state index contributed by atoms with van der Waals surface area (Å²) in [6, 6.07) is 4.77. The Balaban J connectivity index is 3.10. The fourth-order valence-electron chi connectivity index (χ4n) is 1.25. The van der Waals surface area contributed by atoms with Gasteiger partial charge in [0.25, 0.3) is 0 Å². The maximum atomic E-state index is 11.4. The Morgan fingerprint density at radius 1 is 1.44 bits per heavy atom. The molecule has 1 amide bonds. The van der Waals surface area contributed by atoms with Gasteiger partial charge in [0.05, 0.1) is 18.7 Å². The predicted molar refractivity (Wildman–Crippen MR) is 62.3 cm³/mol. The van der Waals surface area contributed by atoms with Crippen LogP contribution in [0.2, 0.25) is 0 Å². The molecule has 5 heteroatoms. The number of benzene rings is 1. The lowest BCUT2D eigenvalue weighted by molar-refractivity contribution is -0.114. The average Bonchev–Trinajstić information content (AvgIpc) is 2.27. The Bertz CT molecular complexity index is 418. The lowest BCUT2D eigenvalue weighted by Gasteiger charge is -2.09. The van der Waals surface area contributed by atoms with Gasteiger partial charge in [-0.2, -0.15) is 0 Å². The number of ether oxygens (including phenoxy) is 1. The Labute approximate surface area is 98.5 Å². The number of carbonyl (C=O) groups excluding carboxylic acids is 2. The largest absolute Gasteiger partial charge is 0.495 e. The number of nitrogens with one attached hydrogen (secondary N) is 1. The number of ketones is 1. The molecule has 1 aromatic carbocycles. The van der Waals surface area contributed by atoms with Crippen LogP contribution in [0.15, 0.2) is 18.2 Å². The number of hydrogen-bond donors (Lipinski definition) is 1. The van der Waals surface area contributed by atoms with Gasteiger partial charge >= 0.3 is 0 Å². The van der Waals surface area contributed by atoms with E-state index in [1.807, 2.05) is 0 Å². The van der Waals surface area contributed by atoms with Gasteiger partial charge in [0.1, 0.15) is 5.75 Å². The molecule has 0 radical (unpaired) electrons. The maximum Gasteiger partial charge on any atom is 0.221 e. The summed E-state index contributed by atoms with van der Waals surface area (Å²) in [6.45, 7) is 1.38. The van der Waals surface area contributed by atoms with Crippen LogP contribution < -0.4 is 10.1 Å². The number of Topliss-reactive ketones (excluding diaryl/α,β-unsaturated/α-hetero) is 1. The minimum atomic E-state index is -0.228. The molecule has 0 unspecified atom stereocenters. The van der Waals surface area contributed by atoms with Gasteiger partial charge in [-0.3, -0.25) is 9.59 Å². The molecule has 1 rings (SSSR count). The SMILES string of the molecule is COc1ccc(C(=O)CCl)cc1NC(C)=O. The first kappa shape index (κ1) is 12.5. The molecule has 0 saturated carbocycles. The van der Waals surface area contributed by atoms with E-state index in [-0.39, 0.29) is 17.6 Å². The van der Waals surface area contributed by atoms with Crippen molar-refractivity contribution >= 4 is 29.0 Å². The molecular formula is C11H12ClNO3. The summed E-state index contributed by atoms with van der Waals surface area (Å²) in [6.07, 6.45) is 0. The first-order chi connectivity index (χ1) is 7.58. The highest BCUT2D eigenvalue weighted by Crippen LogP contribution is 2.25. The summed E-state index contributed by atoms with van der Waals surface area (Å²) in [5.41, 5.74) is 0.908. The van der Waals surface area contributed by atoms with Crippen LogP contribution in [0.4, 0.5) is 5.69 Å². The third-order valence-electron chi connectivity index (χ3n) is 1.95. The molecule has 1 aromatic rings. The fourth-order valence-corrected chi connectivity index (χ4v) is 1.40. The molecule has 1 N–H and O–H groups in total. The molecule has 0 saturated heterocycles. The van der Waals surface area contributed by atoms with Crippen molar-refractivity contribution in [3.8, 4) is 5.75 Å². The van der Waals surface area contributed by atoms with E-state index in [0.29, 0.717) is 17.0 Å². The van der Waals surface area contributed by atoms with Crippen LogP contribution in [0.1, 0.15) is 17.3 Å². The molecule has 0 aromatic heterocycles. The van der Waals surface area contributed by atoms with Crippen LogP contribution in [-0.4, -0.2) is 24.7 Å². The molecule has 0 heterocycles. The topological polar surface area (TPSA) is 55.4 Å². The number of alkyl halides is 1. The lowest BCUT2D eigenvalue weighted by Crippen LogP contribution is -2.09. The molecule has 0 fully saturated rings. The van der Waals surface area contributed by atoms with Crippen LogP contribution in [0.25, 0.3) is 0 Å². The summed E-state index contributed by atoms with van der Waals surface area (Å²) in [4.78, 5) is 22.3. The van der Waals surface area contributed by atoms with E-state index in [9.17, 15) is 9.59 Å². The van der Waals surface area contributed by atoms with Crippen LogP contribution in [0.5, 0.6) is 5.75 Å². The molecule has 4 nitrogen and oxygen atoms in total. The molecular weight excluding hydrogens is 230 g/mol. The number of anilines is 1. The predicted octanol–water partition coefficient (Wildman–Crippen LogP) is 2.08. The highest BCUT2D eigenvalue weighted by Gasteiger charge is 2.10. The highest BCUT2D eigenvalue weighted by atomic mass is 35.5. The van der Waals surface area contributed by atoms with Crippen molar-refractivity contribution in [2.24, 2.45) is 0 Å². The van der Waals surface area contributed by atoms with Crippen LogP contribution in [0.3, 0.4) is 0 Å². The molecule has 16 heavy (non-hydrogen) atoms. The van der Waals surface area contributed by atoms with E-state index in [4.69, 9.17) is 16.3 Å². The number of hydrogen-bond acceptors (Lipinski definition) is 3. The standard InChI is InChI=1S/C11H12ClNO3/c1-7(14)13-9-5-8(10(15)6-12)3-4-11(9)16-2/h3-5H,6H2,1-2H3,(H,13,14). The summed E-state index contributed by atoms with van der Waals surface area (Å²) in [5.74, 6) is -0.0164. The normalized spacial score (nSPS) is 9.69. The Morgan fingerprint density at radius 2 is 2.12 bits per heavy atom. The molecule has 86 valence electrons. The molecule has 0 bridgehead atoms. The third kappa shape index (κ3) is 2.97. The zero-order chi connectivity index (χ0) is 12.1. The van der Waals surface area contributed by atoms with Gasteiger partial charge in [-0.05, 0) is 18.2 Å². The van der Waals surface area contributed by atoms with E-state index in [2.05, 4.69) is 5.32 Å². The number of amides is 1. The van der Waals surface area contributed by atoms with Crippen LogP contribution >= 0.6 is 11.6 Å². The molecule has 0 spiro atoms. The van der Waals surface area contributed by atoms with Gasteiger partial charge in [0.15, 0.2) is 5.78 Å². The van der Waals surface area contributed by atoms with Gasteiger partial charge in [-0.1, -0.05) is 0 Å². The zero-order valence-electron chi connectivity index (χ0n) is 9.04. The van der Waals surface area contributed by atoms with Crippen LogP contribution in [0, 0.1) is 0 Å². The maximum absolute atomic E-state index is 11.4. The van der Waals surface area contributed by atoms with Crippen molar-refractivity contribution in [2.75, 3.05) is 18.3 Å². The average molecular weight is 242 g/mol. The minimum Gasteiger partial charge on any atom is -0.495 e. The second kappa shape index (κ2) is 5.51. The summed E-state index contributed by atoms with van der Waals surface area (Å²) < 4.78 is 5.06. The number of halogens is 1. The summed E-state index contributed by atoms with van der Waals surface area (Å²) in [7, 11) is 1.49. The zero-order valence-corrected chi connectivity index (χ0v) is 9.80. The van der Waals surface area contributed by atoms with E-state index in [0.717, 1.165) is 0 Å². The van der Waals surface area contributed by atoms with Gasteiger partial charge < -0.3 is 10.1 Å². The molecule has 0 aliphatic heterocycles. The van der Waals surface area contributed by atoms with Gasteiger partial charge in [0.2, 0.25) is 5.91 Å². The highest BCUT2D eigenvalue weighted by molar-refractivity contribution is 6.30. The summed E-state index contributed by atoms with van der Waals surface area (Å²) >= 11 is 5.45. The second-order valence-corrected chi connectivity index (χ2v) is 3.42. The van der Waals surface area contributed by atoms with Crippen molar-refractivity contribution in [2.45, 2.75) is 6.92 Å². The lowest BCUT2D eigenvalue weighted by atomic mass is 10.1. The first-order valence-corrected chi connectivity index (χ1v) is 5.16. The van der Waals surface area contributed by atoms with Crippen molar-refractivity contribution < 1.29 is 14.3 Å². The second-order valence-electron chi connectivity index (χ2n) is 3.15. The molecule has 0 atom stereocenters.